The summed E-state index contributed by atoms with van der Waals surface area (Å²) in [5, 5.41) is 0. The molecule has 2 nitrogen and oxygen atoms in total. The van der Waals surface area contributed by atoms with Crippen LogP contribution in [0.25, 0.3) is 0 Å². The zero-order chi connectivity index (χ0) is 15.7. The number of hydrogen-bond donors (Lipinski definition) is 0. The summed E-state index contributed by atoms with van der Waals surface area (Å²) < 4.78 is 0. The number of anilines is 1. The van der Waals surface area contributed by atoms with Crippen molar-refractivity contribution in [3.63, 3.8) is 0 Å². The fourth-order valence-corrected chi connectivity index (χ4v) is 1.99. The third-order valence-electron chi connectivity index (χ3n) is 2.98. The molecule has 0 aliphatic carbocycles. The molecular weight excluding hydrogens is 256 g/mol. The Morgan fingerprint density at radius 3 is 2.38 bits per heavy atom. The quantitative estimate of drug-likeness (QED) is 0.526. The van der Waals surface area contributed by atoms with Crippen LogP contribution >= 0.6 is 0 Å². The summed E-state index contributed by atoms with van der Waals surface area (Å²) in [6.45, 7) is 9.98. The van der Waals surface area contributed by atoms with Gasteiger partial charge in [-0.25, -0.2) is 0 Å². The van der Waals surface area contributed by atoms with Crippen LogP contribution in [0.3, 0.4) is 0 Å². The minimum Gasteiger partial charge on any atom is -0.313 e. The van der Waals surface area contributed by atoms with Crippen molar-refractivity contribution in [2.24, 2.45) is 4.99 Å². The summed E-state index contributed by atoms with van der Waals surface area (Å²) in [4.78, 5) is 6.31. The van der Waals surface area contributed by atoms with Crippen LogP contribution in [0.1, 0.15) is 19.4 Å². The lowest BCUT2D eigenvalue weighted by Crippen LogP contribution is -2.21. The first-order valence-corrected chi connectivity index (χ1v) is 7.05. The molecule has 0 atom stereocenters. The average molecular weight is 280 g/mol. The molecule has 0 amide bonds. The van der Waals surface area contributed by atoms with E-state index < -0.39 is 0 Å². The Kier molecular flexibility index (Phi) is 6.96. The van der Waals surface area contributed by atoms with Crippen molar-refractivity contribution in [2.75, 3.05) is 11.9 Å². The van der Waals surface area contributed by atoms with Crippen molar-refractivity contribution < 1.29 is 0 Å². The molecule has 0 aromatic heterocycles. The SMILES string of the molecule is C=C/C=C(\C=NC)N(/C(C)=C/C=C\C)c1ccc(C)cc1. The van der Waals surface area contributed by atoms with Gasteiger partial charge >= 0.3 is 0 Å². The first-order chi connectivity index (χ1) is 10.1. The topological polar surface area (TPSA) is 15.6 Å². The van der Waals surface area contributed by atoms with Crippen molar-refractivity contribution in [2.45, 2.75) is 20.8 Å². The normalized spacial score (nSPS) is 13.1. The van der Waals surface area contributed by atoms with Crippen molar-refractivity contribution in [3.8, 4) is 0 Å². The summed E-state index contributed by atoms with van der Waals surface area (Å²) in [5.41, 5.74) is 4.44. The lowest BCUT2D eigenvalue weighted by atomic mass is 10.2. The van der Waals surface area contributed by atoms with Crippen LogP contribution < -0.4 is 4.90 Å². The maximum atomic E-state index is 4.15. The molecule has 110 valence electrons. The van der Waals surface area contributed by atoms with Gasteiger partial charge in [0.15, 0.2) is 0 Å². The Morgan fingerprint density at radius 1 is 1.19 bits per heavy atom. The third-order valence-corrected chi connectivity index (χ3v) is 2.98. The predicted molar refractivity (Wildman–Crippen MR) is 94.9 cm³/mol. The highest BCUT2D eigenvalue weighted by atomic mass is 15.2. The summed E-state index contributed by atoms with van der Waals surface area (Å²) >= 11 is 0. The molecule has 0 spiro atoms. The molecule has 1 aromatic rings. The van der Waals surface area contributed by atoms with Gasteiger partial charge in [-0.3, -0.25) is 4.99 Å². The number of aryl methyl sites for hydroxylation is 1. The minimum atomic E-state index is 0.981. The molecule has 1 rings (SSSR count). The van der Waals surface area contributed by atoms with E-state index in [1.54, 1.807) is 13.1 Å². The van der Waals surface area contributed by atoms with Gasteiger partial charge < -0.3 is 4.90 Å². The fraction of sp³-hybridized carbons (Fsp3) is 0.211. The minimum absolute atomic E-state index is 0.981. The summed E-state index contributed by atoms with van der Waals surface area (Å²) in [6, 6.07) is 8.45. The van der Waals surface area contributed by atoms with Gasteiger partial charge in [-0.2, -0.15) is 0 Å². The maximum Gasteiger partial charge on any atom is 0.0636 e. The number of nitrogens with zero attached hydrogens (tertiary/aromatic N) is 2. The first kappa shape index (κ1) is 16.7. The molecule has 0 bridgehead atoms. The highest BCUT2D eigenvalue weighted by molar-refractivity contribution is 5.86. The summed E-state index contributed by atoms with van der Waals surface area (Å²) in [5.74, 6) is 0. The molecule has 0 radical (unpaired) electrons. The Bertz CT molecular complexity index is 572. The van der Waals surface area contributed by atoms with Crippen LogP contribution in [-0.2, 0) is 0 Å². The van der Waals surface area contributed by atoms with E-state index in [0.717, 1.165) is 17.1 Å². The molecule has 0 N–H and O–H groups in total. The number of aliphatic imine (C=N–C) groups is 1. The lowest BCUT2D eigenvalue weighted by Gasteiger charge is -2.26. The van der Waals surface area contributed by atoms with Gasteiger partial charge in [0.25, 0.3) is 0 Å². The molecule has 1 aromatic carbocycles. The van der Waals surface area contributed by atoms with Crippen LogP contribution in [0, 0.1) is 6.92 Å². The molecular formula is C19H24N2. The second kappa shape index (κ2) is 8.75. The van der Waals surface area contributed by atoms with Crippen LogP contribution in [0.5, 0.6) is 0 Å². The zero-order valence-electron chi connectivity index (χ0n) is 13.4. The number of benzene rings is 1. The molecule has 0 aliphatic heterocycles. The van der Waals surface area contributed by atoms with Crippen molar-refractivity contribution in [1.82, 2.24) is 0 Å². The Balaban J connectivity index is 3.37. The van der Waals surface area contributed by atoms with E-state index in [1.165, 1.54) is 5.56 Å². The van der Waals surface area contributed by atoms with Gasteiger partial charge in [0.2, 0.25) is 0 Å². The Morgan fingerprint density at radius 2 is 1.86 bits per heavy atom. The van der Waals surface area contributed by atoms with Crippen LogP contribution in [-0.4, -0.2) is 13.3 Å². The van der Waals surface area contributed by atoms with E-state index in [9.17, 15) is 0 Å². The largest absolute Gasteiger partial charge is 0.313 e. The Labute approximate surface area is 128 Å². The van der Waals surface area contributed by atoms with Crippen molar-refractivity contribution >= 4 is 11.9 Å². The molecule has 2 heteroatoms. The highest BCUT2D eigenvalue weighted by Crippen LogP contribution is 2.24. The van der Waals surface area contributed by atoms with E-state index in [0.29, 0.717) is 0 Å². The van der Waals surface area contributed by atoms with E-state index >= 15 is 0 Å². The lowest BCUT2D eigenvalue weighted by molar-refractivity contribution is 1.11. The molecule has 0 saturated carbocycles. The second-order valence-corrected chi connectivity index (χ2v) is 4.72. The molecule has 0 heterocycles. The summed E-state index contributed by atoms with van der Waals surface area (Å²) in [6.07, 6.45) is 11.7. The van der Waals surface area contributed by atoms with E-state index in [4.69, 9.17) is 0 Å². The first-order valence-electron chi connectivity index (χ1n) is 7.05. The predicted octanol–water partition coefficient (Wildman–Crippen LogP) is 5.05. The van der Waals surface area contributed by atoms with Crippen molar-refractivity contribution in [3.05, 3.63) is 78.2 Å². The third kappa shape index (κ3) is 4.92. The monoisotopic (exact) mass is 280 g/mol. The molecule has 0 fully saturated rings. The molecule has 0 unspecified atom stereocenters. The van der Waals surface area contributed by atoms with E-state index in [1.807, 2.05) is 31.4 Å². The zero-order valence-corrected chi connectivity index (χ0v) is 13.4. The molecule has 21 heavy (non-hydrogen) atoms. The number of hydrogen-bond acceptors (Lipinski definition) is 2. The second-order valence-electron chi connectivity index (χ2n) is 4.72. The van der Waals surface area contributed by atoms with Gasteiger partial charge in [0.1, 0.15) is 0 Å². The Hall–Kier alpha value is -2.35. The summed E-state index contributed by atoms with van der Waals surface area (Å²) in [7, 11) is 1.77. The van der Waals surface area contributed by atoms with Crippen LogP contribution in [0.2, 0.25) is 0 Å². The smallest absolute Gasteiger partial charge is 0.0636 e. The highest BCUT2D eigenvalue weighted by Gasteiger charge is 2.11. The molecule has 0 saturated heterocycles. The molecule has 0 aliphatic rings. The average Bonchev–Trinajstić information content (AvgIpc) is 2.48. The standard InChI is InChI=1S/C19H24N2/c1-6-8-10-17(4)21(19(9-7-2)15-20-5)18-13-11-16(3)12-14-18/h6-15H,2H2,1,3-5H3/b8-6-,17-10+,19-9+,20-15?. The van der Waals surface area contributed by atoms with Gasteiger partial charge in [0.05, 0.1) is 5.70 Å². The van der Waals surface area contributed by atoms with Crippen LogP contribution in [0.15, 0.2) is 77.6 Å². The van der Waals surface area contributed by atoms with Gasteiger partial charge in [0, 0.05) is 24.6 Å². The van der Waals surface area contributed by atoms with Gasteiger partial charge in [-0.15, -0.1) is 0 Å². The fourth-order valence-electron chi connectivity index (χ4n) is 1.99. The van der Waals surface area contributed by atoms with Crippen molar-refractivity contribution in [1.29, 1.82) is 0 Å². The van der Waals surface area contributed by atoms with Gasteiger partial charge in [-0.1, -0.05) is 42.5 Å². The van der Waals surface area contributed by atoms with E-state index in [2.05, 4.69) is 60.7 Å². The maximum absolute atomic E-state index is 4.15. The number of allylic oxidation sites excluding steroid dienone is 7. The van der Waals surface area contributed by atoms with Crippen LogP contribution in [0.4, 0.5) is 5.69 Å². The van der Waals surface area contributed by atoms with Gasteiger partial charge in [-0.05, 0) is 45.1 Å². The van der Waals surface area contributed by atoms with E-state index in [-0.39, 0.29) is 0 Å². The number of rotatable bonds is 6.